The van der Waals surface area contributed by atoms with Crippen molar-refractivity contribution in [2.45, 2.75) is 6.92 Å². The number of rotatable bonds is 2. The highest BCUT2D eigenvalue weighted by atomic mass is 35.5. The normalized spacial score (nSPS) is 9.93. The van der Waals surface area contributed by atoms with Crippen molar-refractivity contribution >= 4 is 23.2 Å². The molecular weight excluding hydrogens is 200 g/mol. The number of nitrogen functional groups attached to an aromatic ring is 1. The van der Waals surface area contributed by atoms with Gasteiger partial charge in [-0.25, -0.2) is 0 Å². The molecule has 76 valence electrons. The van der Waals surface area contributed by atoms with E-state index in [1.165, 1.54) is 0 Å². The fourth-order valence-electron chi connectivity index (χ4n) is 1.02. The summed E-state index contributed by atoms with van der Waals surface area (Å²) in [7, 11) is 1.74. The maximum absolute atomic E-state index is 11.7. The van der Waals surface area contributed by atoms with Crippen molar-refractivity contribution in [3.8, 4) is 0 Å². The molecule has 4 heteroatoms. The van der Waals surface area contributed by atoms with E-state index in [9.17, 15) is 4.79 Å². The molecule has 0 fully saturated rings. The number of carbonyl (C=O) groups excluding carboxylic acids is 1. The number of carbonyl (C=O) groups is 1. The SMILES string of the molecule is CCN(C)C(=O)c1ccc(N)c(Cl)c1. The van der Waals surface area contributed by atoms with Crippen LogP contribution in [0.1, 0.15) is 17.3 Å². The van der Waals surface area contributed by atoms with Crippen LogP contribution in [0.4, 0.5) is 5.69 Å². The van der Waals surface area contributed by atoms with Gasteiger partial charge in [0, 0.05) is 19.2 Å². The molecule has 1 aromatic carbocycles. The molecule has 0 radical (unpaired) electrons. The molecule has 3 nitrogen and oxygen atoms in total. The first-order chi connectivity index (χ1) is 6.56. The van der Waals surface area contributed by atoms with E-state index in [0.717, 1.165) is 0 Å². The Labute approximate surface area is 88.5 Å². The van der Waals surface area contributed by atoms with E-state index >= 15 is 0 Å². The molecule has 0 bridgehead atoms. The van der Waals surface area contributed by atoms with Crippen LogP contribution in [0.5, 0.6) is 0 Å². The monoisotopic (exact) mass is 212 g/mol. The minimum atomic E-state index is -0.0469. The van der Waals surface area contributed by atoms with Gasteiger partial charge >= 0.3 is 0 Å². The summed E-state index contributed by atoms with van der Waals surface area (Å²) in [4.78, 5) is 13.3. The zero-order valence-corrected chi connectivity index (χ0v) is 9.01. The third-order valence-electron chi connectivity index (χ3n) is 2.07. The Morgan fingerprint density at radius 1 is 1.57 bits per heavy atom. The molecule has 1 aromatic rings. The van der Waals surface area contributed by atoms with Gasteiger partial charge in [0.1, 0.15) is 0 Å². The summed E-state index contributed by atoms with van der Waals surface area (Å²) in [6.07, 6.45) is 0. The van der Waals surface area contributed by atoms with Gasteiger partial charge in [-0.1, -0.05) is 11.6 Å². The first kappa shape index (κ1) is 10.9. The fourth-order valence-corrected chi connectivity index (χ4v) is 1.20. The average molecular weight is 213 g/mol. The summed E-state index contributed by atoms with van der Waals surface area (Å²) in [6, 6.07) is 4.90. The number of hydrogen-bond donors (Lipinski definition) is 1. The second-order valence-corrected chi connectivity index (χ2v) is 3.46. The standard InChI is InChI=1S/C10H13ClN2O/c1-3-13(2)10(14)7-4-5-9(12)8(11)6-7/h4-6H,3,12H2,1-2H3. The van der Waals surface area contributed by atoms with Crippen molar-refractivity contribution in [3.05, 3.63) is 28.8 Å². The molecule has 0 heterocycles. The summed E-state index contributed by atoms with van der Waals surface area (Å²) in [5.41, 5.74) is 6.59. The van der Waals surface area contributed by atoms with Crippen LogP contribution in [-0.4, -0.2) is 24.4 Å². The van der Waals surface area contributed by atoms with Crippen LogP contribution in [0.15, 0.2) is 18.2 Å². The lowest BCUT2D eigenvalue weighted by molar-refractivity contribution is 0.0802. The molecule has 0 aromatic heterocycles. The van der Waals surface area contributed by atoms with Gasteiger partial charge < -0.3 is 10.6 Å². The second-order valence-electron chi connectivity index (χ2n) is 3.06. The van der Waals surface area contributed by atoms with Crippen LogP contribution in [0.3, 0.4) is 0 Å². The van der Waals surface area contributed by atoms with Crippen molar-refractivity contribution in [1.29, 1.82) is 0 Å². The van der Waals surface area contributed by atoms with Crippen molar-refractivity contribution in [3.63, 3.8) is 0 Å². The Kier molecular flexibility index (Phi) is 3.36. The molecule has 0 aliphatic carbocycles. The largest absolute Gasteiger partial charge is 0.398 e. The van der Waals surface area contributed by atoms with Gasteiger partial charge in [0.2, 0.25) is 0 Å². The molecule has 14 heavy (non-hydrogen) atoms. The van der Waals surface area contributed by atoms with Crippen LogP contribution in [0.2, 0.25) is 5.02 Å². The lowest BCUT2D eigenvalue weighted by atomic mass is 10.2. The van der Waals surface area contributed by atoms with Crippen molar-refractivity contribution in [2.75, 3.05) is 19.3 Å². The summed E-state index contributed by atoms with van der Waals surface area (Å²) in [5.74, 6) is -0.0469. The summed E-state index contributed by atoms with van der Waals surface area (Å²) in [6.45, 7) is 2.58. The van der Waals surface area contributed by atoms with Gasteiger partial charge in [0.05, 0.1) is 10.7 Å². The minimum Gasteiger partial charge on any atom is -0.398 e. The minimum absolute atomic E-state index is 0.0469. The van der Waals surface area contributed by atoms with E-state index < -0.39 is 0 Å². The van der Waals surface area contributed by atoms with E-state index in [-0.39, 0.29) is 5.91 Å². The van der Waals surface area contributed by atoms with Gasteiger partial charge in [0.25, 0.3) is 5.91 Å². The summed E-state index contributed by atoms with van der Waals surface area (Å²) in [5, 5.41) is 0.417. The molecule has 0 aliphatic rings. The third-order valence-corrected chi connectivity index (χ3v) is 2.40. The fraction of sp³-hybridized carbons (Fsp3) is 0.300. The maximum Gasteiger partial charge on any atom is 0.253 e. The van der Waals surface area contributed by atoms with Gasteiger partial charge in [-0.05, 0) is 25.1 Å². The van der Waals surface area contributed by atoms with Gasteiger partial charge in [-0.3, -0.25) is 4.79 Å². The number of anilines is 1. The van der Waals surface area contributed by atoms with Crippen molar-refractivity contribution < 1.29 is 4.79 Å². The molecule has 0 saturated carbocycles. The van der Waals surface area contributed by atoms with Crippen molar-refractivity contribution in [1.82, 2.24) is 4.90 Å². The number of hydrogen-bond acceptors (Lipinski definition) is 2. The number of nitrogens with two attached hydrogens (primary N) is 1. The van der Waals surface area contributed by atoms with Crippen molar-refractivity contribution in [2.24, 2.45) is 0 Å². The Hall–Kier alpha value is -1.22. The quantitative estimate of drug-likeness (QED) is 0.763. The first-order valence-electron chi connectivity index (χ1n) is 4.36. The molecule has 1 amide bonds. The molecule has 2 N–H and O–H groups in total. The molecule has 0 atom stereocenters. The maximum atomic E-state index is 11.7. The van der Waals surface area contributed by atoms with Crippen LogP contribution in [0, 0.1) is 0 Å². The molecule has 0 aliphatic heterocycles. The predicted octanol–water partition coefficient (Wildman–Crippen LogP) is 2.01. The van der Waals surface area contributed by atoms with Crippen LogP contribution in [-0.2, 0) is 0 Å². The van der Waals surface area contributed by atoms with E-state index in [2.05, 4.69) is 0 Å². The van der Waals surface area contributed by atoms with E-state index in [1.807, 2.05) is 6.92 Å². The highest BCUT2D eigenvalue weighted by Crippen LogP contribution is 2.20. The van der Waals surface area contributed by atoms with Crippen LogP contribution in [0.25, 0.3) is 0 Å². The molecular formula is C10H13ClN2O. The zero-order valence-electron chi connectivity index (χ0n) is 8.25. The Balaban J connectivity index is 2.97. The van der Waals surface area contributed by atoms with Gasteiger partial charge in [-0.2, -0.15) is 0 Å². The number of halogens is 1. The highest BCUT2D eigenvalue weighted by molar-refractivity contribution is 6.33. The Bertz CT molecular complexity index is 352. The molecule has 1 rings (SSSR count). The molecule has 0 spiro atoms. The van der Waals surface area contributed by atoms with Gasteiger partial charge in [-0.15, -0.1) is 0 Å². The molecule has 0 saturated heterocycles. The zero-order chi connectivity index (χ0) is 10.7. The van der Waals surface area contributed by atoms with Crippen LogP contribution >= 0.6 is 11.6 Å². The average Bonchev–Trinajstić information content (AvgIpc) is 2.20. The molecule has 0 unspecified atom stereocenters. The van der Waals surface area contributed by atoms with E-state index in [0.29, 0.717) is 22.8 Å². The lowest BCUT2D eigenvalue weighted by Crippen LogP contribution is -2.26. The Morgan fingerprint density at radius 2 is 2.21 bits per heavy atom. The lowest BCUT2D eigenvalue weighted by Gasteiger charge is -2.14. The summed E-state index contributed by atoms with van der Waals surface area (Å²) < 4.78 is 0. The third kappa shape index (κ3) is 2.17. The number of benzene rings is 1. The van der Waals surface area contributed by atoms with E-state index in [1.54, 1.807) is 30.1 Å². The Morgan fingerprint density at radius 3 is 2.71 bits per heavy atom. The van der Waals surface area contributed by atoms with Crippen LogP contribution < -0.4 is 5.73 Å². The van der Waals surface area contributed by atoms with Gasteiger partial charge in [0.15, 0.2) is 0 Å². The predicted molar refractivity (Wildman–Crippen MR) is 58.5 cm³/mol. The second kappa shape index (κ2) is 4.33. The smallest absolute Gasteiger partial charge is 0.253 e. The highest BCUT2D eigenvalue weighted by Gasteiger charge is 2.10. The van der Waals surface area contributed by atoms with E-state index in [4.69, 9.17) is 17.3 Å². The summed E-state index contributed by atoms with van der Waals surface area (Å²) >= 11 is 5.81. The first-order valence-corrected chi connectivity index (χ1v) is 4.74. The number of amides is 1. The number of nitrogens with zero attached hydrogens (tertiary/aromatic N) is 1. The topological polar surface area (TPSA) is 46.3 Å².